The average molecular weight is 469 g/mol. The number of hydrogen-bond acceptors (Lipinski definition) is 10. The van der Waals surface area contributed by atoms with Crippen molar-refractivity contribution in [1.29, 1.82) is 0 Å². The maximum Gasteiger partial charge on any atom is 0.219 e. The minimum Gasteiger partial charge on any atom is -0.378 e. The number of nitrogens with two attached hydrogens (primary N) is 1. The number of thiophene rings is 1. The van der Waals surface area contributed by atoms with Crippen LogP contribution in [-0.2, 0) is 11.3 Å². The van der Waals surface area contributed by atoms with Gasteiger partial charge in [0.2, 0.25) is 5.95 Å². The molecule has 0 unspecified atom stereocenters. The Bertz CT molecular complexity index is 1070. The third kappa shape index (κ3) is 5.24. The number of piperidine rings is 1. The van der Waals surface area contributed by atoms with Gasteiger partial charge in [-0.05, 0) is 52.0 Å². The molecule has 0 radical (unpaired) electrons. The van der Waals surface area contributed by atoms with Crippen LogP contribution >= 0.6 is 11.3 Å². The van der Waals surface area contributed by atoms with Crippen LogP contribution < -0.4 is 10.6 Å². The highest BCUT2D eigenvalue weighted by atomic mass is 32.1. The molecule has 0 atom stereocenters. The number of aromatic nitrogens is 4. The summed E-state index contributed by atoms with van der Waals surface area (Å²) in [6.07, 6.45) is 5.92. The number of ether oxygens (including phenoxy) is 1. The van der Waals surface area contributed by atoms with E-state index in [1.165, 1.54) is 24.3 Å². The Balaban J connectivity index is 1.41. The summed E-state index contributed by atoms with van der Waals surface area (Å²) in [5.74, 6) is 2.68. The molecule has 0 aliphatic carbocycles. The number of likely N-dealkylation sites (tertiary alicyclic amines) is 1. The van der Waals surface area contributed by atoms with Crippen LogP contribution in [0.2, 0.25) is 0 Å². The summed E-state index contributed by atoms with van der Waals surface area (Å²) in [6, 6.07) is 2.24. The molecule has 2 aliphatic heterocycles. The second-order valence-corrected chi connectivity index (χ2v) is 10.3. The molecule has 2 fully saturated rings. The normalized spacial score (nSPS) is 18.5. The van der Waals surface area contributed by atoms with E-state index in [0.29, 0.717) is 19.0 Å². The Morgan fingerprint density at radius 3 is 2.52 bits per heavy atom. The number of nitrogens with zero attached hydrogens (tertiary/aromatic N) is 7. The lowest BCUT2D eigenvalue weighted by molar-refractivity contribution is 0.122. The Hall–Kier alpha value is -2.40. The average Bonchev–Trinajstić information content (AvgIpc) is 3.23. The van der Waals surface area contributed by atoms with Crippen molar-refractivity contribution in [3.63, 3.8) is 0 Å². The molecule has 0 saturated carbocycles. The van der Waals surface area contributed by atoms with Gasteiger partial charge < -0.3 is 20.3 Å². The number of rotatable bonds is 6. The summed E-state index contributed by atoms with van der Waals surface area (Å²) in [7, 11) is 4.34. The lowest BCUT2D eigenvalue weighted by Gasteiger charge is -2.32. The third-order valence-electron chi connectivity index (χ3n) is 6.36. The fraction of sp³-hybridized carbons (Fsp3) is 0.565. The van der Waals surface area contributed by atoms with Crippen molar-refractivity contribution in [3.05, 3.63) is 23.3 Å². The van der Waals surface area contributed by atoms with Gasteiger partial charge in [-0.2, -0.15) is 0 Å². The molecule has 33 heavy (non-hydrogen) atoms. The zero-order valence-electron chi connectivity index (χ0n) is 19.4. The van der Waals surface area contributed by atoms with E-state index in [1.807, 2.05) is 11.3 Å². The van der Waals surface area contributed by atoms with Crippen LogP contribution in [0.15, 0.2) is 18.5 Å². The first-order valence-electron chi connectivity index (χ1n) is 11.6. The maximum absolute atomic E-state index is 5.68. The van der Waals surface area contributed by atoms with Gasteiger partial charge in [-0.25, -0.2) is 19.9 Å². The molecule has 0 amide bonds. The first-order valence-corrected chi connectivity index (χ1v) is 12.4. The van der Waals surface area contributed by atoms with Crippen molar-refractivity contribution in [1.82, 2.24) is 29.7 Å². The molecular weight excluding hydrogens is 436 g/mol. The quantitative estimate of drug-likeness (QED) is 0.585. The van der Waals surface area contributed by atoms with E-state index in [2.05, 4.69) is 44.8 Å². The summed E-state index contributed by atoms with van der Waals surface area (Å²) in [6.45, 7) is 7.56. The van der Waals surface area contributed by atoms with E-state index in [1.54, 1.807) is 12.4 Å². The van der Waals surface area contributed by atoms with Gasteiger partial charge in [-0.15, -0.1) is 11.3 Å². The molecule has 9 nitrogen and oxygen atoms in total. The van der Waals surface area contributed by atoms with Crippen molar-refractivity contribution in [2.75, 3.05) is 70.7 Å². The number of nitrogen functional groups attached to an aromatic ring is 1. The summed E-state index contributed by atoms with van der Waals surface area (Å²) < 4.78 is 6.72. The topological polar surface area (TPSA) is 96.5 Å². The second kappa shape index (κ2) is 9.84. The lowest BCUT2D eigenvalue weighted by atomic mass is 9.96. The standard InChI is InChI=1S/C23H32N8OS/c1-29(2)14-16-3-5-30(6-4-16)15-18-11-19-20(33-18)22(31-7-9-32-10-8-31)28-21(27-19)17-12-25-23(24)26-13-17/h11-13,16H,3-10,14-15H2,1-2H3,(H2,24,25,26). The van der Waals surface area contributed by atoms with Gasteiger partial charge in [0.15, 0.2) is 11.6 Å². The van der Waals surface area contributed by atoms with Gasteiger partial charge >= 0.3 is 0 Å². The molecule has 3 aromatic heterocycles. The highest BCUT2D eigenvalue weighted by Gasteiger charge is 2.23. The van der Waals surface area contributed by atoms with Crippen molar-refractivity contribution >= 4 is 33.3 Å². The van der Waals surface area contributed by atoms with E-state index in [9.17, 15) is 0 Å². The SMILES string of the molecule is CN(C)CC1CCN(Cc2cc3nc(-c4cnc(N)nc4)nc(N4CCOCC4)c3s2)CC1. The molecule has 0 aromatic carbocycles. The molecule has 5 rings (SSSR count). The first kappa shape index (κ1) is 22.4. The fourth-order valence-corrected chi connectivity index (χ4v) is 5.83. The Morgan fingerprint density at radius 2 is 1.82 bits per heavy atom. The van der Waals surface area contributed by atoms with Crippen LogP contribution in [0.4, 0.5) is 11.8 Å². The third-order valence-corrected chi connectivity index (χ3v) is 7.46. The van der Waals surface area contributed by atoms with E-state index in [-0.39, 0.29) is 5.95 Å². The highest BCUT2D eigenvalue weighted by Crippen LogP contribution is 2.35. The van der Waals surface area contributed by atoms with Crippen LogP contribution in [0, 0.1) is 5.92 Å². The fourth-order valence-electron chi connectivity index (χ4n) is 4.68. The predicted octanol–water partition coefficient (Wildman–Crippen LogP) is 2.34. The summed E-state index contributed by atoms with van der Waals surface area (Å²) in [4.78, 5) is 26.6. The van der Waals surface area contributed by atoms with E-state index in [0.717, 1.165) is 60.2 Å². The van der Waals surface area contributed by atoms with Gasteiger partial charge in [-0.3, -0.25) is 4.90 Å². The summed E-state index contributed by atoms with van der Waals surface area (Å²) in [5, 5.41) is 0. The molecule has 5 heterocycles. The molecule has 176 valence electrons. The van der Waals surface area contributed by atoms with Crippen molar-refractivity contribution in [2.45, 2.75) is 19.4 Å². The number of hydrogen-bond donors (Lipinski definition) is 1. The zero-order chi connectivity index (χ0) is 22.8. The van der Waals surface area contributed by atoms with Gasteiger partial charge in [0.05, 0.1) is 29.0 Å². The van der Waals surface area contributed by atoms with Gasteiger partial charge in [0, 0.05) is 43.4 Å². The Morgan fingerprint density at radius 1 is 1.09 bits per heavy atom. The van der Waals surface area contributed by atoms with Crippen LogP contribution in [0.5, 0.6) is 0 Å². The molecule has 2 N–H and O–H groups in total. The van der Waals surface area contributed by atoms with Crippen LogP contribution in [0.1, 0.15) is 17.7 Å². The molecule has 2 aliphatic rings. The minimum atomic E-state index is 0.250. The Kier molecular flexibility index (Phi) is 6.68. The van der Waals surface area contributed by atoms with Crippen molar-refractivity contribution < 1.29 is 4.74 Å². The molecule has 0 bridgehead atoms. The van der Waals surface area contributed by atoms with E-state index >= 15 is 0 Å². The van der Waals surface area contributed by atoms with Gasteiger partial charge in [-0.1, -0.05) is 0 Å². The molecule has 3 aromatic rings. The first-order chi connectivity index (χ1) is 16.0. The number of anilines is 2. The molecule has 2 saturated heterocycles. The summed E-state index contributed by atoms with van der Waals surface area (Å²) in [5.41, 5.74) is 7.44. The smallest absolute Gasteiger partial charge is 0.219 e. The van der Waals surface area contributed by atoms with Gasteiger partial charge in [0.25, 0.3) is 0 Å². The number of morpholine rings is 1. The molecule has 10 heteroatoms. The predicted molar refractivity (Wildman–Crippen MR) is 132 cm³/mol. The molecule has 0 spiro atoms. The van der Waals surface area contributed by atoms with Crippen LogP contribution in [-0.4, -0.2) is 89.8 Å². The lowest BCUT2D eigenvalue weighted by Crippen LogP contribution is -2.36. The largest absolute Gasteiger partial charge is 0.378 e. The van der Waals surface area contributed by atoms with Crippen LogP contribution in [0.25, 0.3) is 21.6 Å². The number of fused-ring (bicyclic) bond motifs is 1. The second-order valence-electron chi connectivity index (χ2n) is 9.21. The van der Waals surface area contributed by atoms with Gasteiger partial charge in [0.1, 0.15) is 0 Å². The monoisotopic (exact) mass is 468 g/mol. The van der Waals surface area contributed by atoms with Crippen LogP contribution in [0.3, 0.4) is 0 Å². The minimum absolute atomic E-state index is 0.250. The van der Waals surface area contributed by atoms with Crippen molar-refractivity contribution in [3.8, 4) is 11.4 Å². The van der Waals surface area contributed by atoms with Crippen molar-refractivity contribution in [2.24, 2.45) is 5.92 Å². The van der Waals surface area contributed by atoms with E-state index < -0.39 is 0 Å². The maximum atomic E-state index is 5.68. The zero-order valence-corrected chi connectivity index (χ0v) is 20.2. The highest BCUT2D eigenvalue weighted by molar-refractivity contribution is 7.19. The Labute approximate surface area is 198 Å². The summed E-state index contributed by atoms with van der Waals surface area (Å²) >= 11 is 1.82. The molecular formula is C23H32N8OS. The van der Waals surface area contributed by atoms with E-state index in [4.69, 9.17) is 20.4 Å².